The zero-order valence-electron chi connectivity index (χ0n) is 17.7. The number of sulfonamides is 1. The SMILES string of the molecule is Cc1ccc(S(=O)(=O)NCCC(=O)Nc2ccc(-n3cnc4ccccc43)nc2)cc1C. The second kappa shape index (κ2) is 8.89. The molecular formula is C23H23N5O3S. The molecule has 2 aromatic carbocycles. The highest BCUT2D eigenvalue weighted by Crippen LogP contribution is 2.18. The fourth-order valence-corrected chi connectivity index (χ4v) is 4.35. The lowest BCUT2D eigenvalue weighted by atomic mass is 10.1. The van der Waals surface area contributed by atoms with Crippen molar-refractivity contribution in [3.8, 4) is 5.82 Å². The maximum atomic E-state index is 12.4. The summed E-state index contributed by atoms with van der Waals surface area (Å²) in [7, 11) is -3.67. The van der Waals surface area contributed by atoms with Crippen molar-refractivity contribution in [3.63, 3.8) is 0 Å². The van der Waals surface area contributed by atoms with Crippen LogP contribution in [0.3, 0.4) is 0 Å². The van der Waals surface area contributed by atoms with Crippen molar-refractivity contribution in [2.45, 2.75) is 25.2 Å². The van der Waals surface area contributed by atoms with Gasteiger partial charge in [0.05, 0.1) is 27.8 Å². The van der Waals surface area contributed by atoms with Gasteiger partial charge in [0.2, 0.25) is 15.9 Å². The number of nitrogens with zero attached hydrogens (tertiary/aromatic N) is 3. The molecule has 1 amide bonds. The number of benzene rings is 2. The van der Waals surface area contributed by atoms with Gasteiger partial charge >= 0.3 is 0 Å². The van der Waals surface area contributed by atoms with Crippen LogP contribution in [0.2, 0.25) is 0 Å². The number of fused-ring (bicyclic) bond motifs is 1. The van der Waals surface area contributed by atoms with Gasteiger partial charge in [-0.3, -0.25) is 9.36 Å². The van der Waals surface area contributed by atoms with Crippen molar-refractivity contribution in [1.82, 2.24) is 19.3 Å². The van der Waals surface area contributed by atoms with Gasteiger partial charge in [0.25, 0.3) is 0 Å². The molecule has 2 heterocycles. The number of aryl methyl sites for hydroxylation is 2. The number of para-hydroxylation sites is 2. The second-order valence-corrected chi connectivity index (χ2v) is 9.22. The molecule has 0 bridgehead atoms. The summed E-state index contributed by atoms with van der Waals surface area (Å²) in [4.78, 5) is 21.2. The predicted molar refractivity (Wildman–Crippen MR) is 123 cm³/mol. The smallest absolute Gasteiger partial charge is 0.240 e. The first-order chi connectivity index (χ1) is 15.3. The average molecular weight is 450 g/mol. The number of imidazole rings is 1. The Labute approximate surface area is 186 Å². The van der Waals surface area contributed by atoms with E-state index in [1.54, 1.807) is 42.9 Å². The molecule has 0 aliphatic rings. The van der Waals surface area contributed by atoms with E-state index >= 15 is 0 Å². The molecule has 4 aromatic rings. The number of hydrogen-bond acceptors (Lipinski definition) is 5. The Hall–Kier alpha value is -3.56. The fourth-order valence-electron chi connectivity index (χ4n) is 3.23. The van der Waals surface area contributed by atoms with E-state index in [4.69, 9.17) is 0 Å². The number of hydrogen-bond donors (Lipinski definition) is 2. The van der Waals surface area contributed by atoms with Crippen LogP contribution >= 0.6 is 0 Å². The summed E-state index contributed by atoms with van der Waals surface area (Å²) in [5.74, 6) is 0.369. The van der Waals surface area contributed by atoms with Gasteiger partial charge in [-0.15, -0.1) is 0 Å². The number of pyridine rings is 1. The summed E-state index contributed by atoms with van der Waals surface area (Å²) in [5.41, 5.74) is 4.25. The van der Waals surface area contributed by atoms with Crippen LogP contribution in [-0.4, -0.2) is 35.4 Å². The molecular weight excluding hydrogens is 426 g/mol. The van der Waals surface area contributed by atoms with E-state index in [1.807, 2.05) is 42.7 Å². The molecule has 8 nitrogen and oxygen atoms in total. The lowest BCUT2D eigenvalue weighted by Gasteiger charge is -2.09. The summed E-state index contributed by atoms with van der Waals surface area (Å²) >= 11 is 0. The van der Waals surface area contributed by atoms with Gasteiger partial charge in [-0.2, -0.15) is 0 Å². The molecule has 0 unspecified atom stereocenters. The van der Waals surface area contributed by atoms with Gasteiger partial charge in [-0.25, -0.2) is 23.1 Å². The minimum absolute atomic E-state index is 0.00200. The van der Waals surface area contributed by atoms with Gasteiger partial charge in [0, 0.05) is 13.0 Å². The number of nitrogens with one attached hydrogen (secondary N) is 2. The number of carbonyl (C=O) groups is 1. The van der Waals surface area contributed by atoms with Crippen LogP contribution in [0.5, 0.6) is 0 Å². The molecule has 32 heavy (non-hydrogen) atoms. The maximum Gasteiger partial charge on any atom is 0.240 e. The molecule has 0 aliphatic heterocycles. The molecule has 0 saturated carbocycles. The first kappa shape index (κ1) is 21.7. The van der Waals surface area contributed by atoms with E-state index in [-0.39, 0.29) is 23.8 Å². The first-order valence-corrected chi connectivity index (χ1v) is 11.6. The van der Waals surface area contributed by atoms with E-state index in [9.17, 15) is 13.2 Å². The lowest BCUT2D eigenvalue weighted by molar-refractivity contribution is -0.116. The van der Waals surface area contributed by atoms with Crippen molar-refractivity contribution in [2.75, 3.05) is 11.9 Å². The summed E-state index contributed by atoms with van der Waals surface area (Å²) in [6, 6.07) is 16.2. The third-order valence-corrected chi connectivity index (χ3v) is 6.62. The Morgan fingerprint density at radius 1 is 1.00 bits per heavy atom. The van der Waals surface area contributed by atoms with Crippen LogP contribution in [0.4, 0.5) is 5.69 Å². The standard InChI is InChI=1S/C23H23N5O3S/c1-16-7-9-19(13-17(16)2)32(30,31)26-12-11-23(29)27-18-8-10-22(24-14-18)28-15-25-20-5-3-4-6-21(20)28/h3-10,13-15,26H,11-12H2,1-2H3,(H,27,29). The summed E-state index contributed by atoms with van der Waals surface area (Å²) in [6.45, 7) is 3.77. The minimum Gasteiger partial charge on any atom is -0.325 e. The average Bonchev–Trinajstić information content (AvgIpc) is 3.20. The Morgan fingerprint density at radius 3 is 2.56 bits per heavy atom. The minimum atomic E-state index is -3.67. The van der Waals surface area contributed by atoms with Crippen LogP contribution in [0.1, 0.15) is 17.5 Å². The van der Waals surface area contributed by atoms with Gasteiger partial charge in [0.1, 0.15) is 12.1 Å². The van der Waals surface area contributed by atoms with Gasteiger partial charge in [0.15, 0.2) is 0 Å². The number of anilines is 1. The highest BCUT2D eigenvalue weighted by atomic mass is 32.2. The first-order valence-electron chi connectivity index (χ1n) is 10.1. The third kappa shape index (κ3) is 4.68. The van der Waals surface area contributed by atoms with Crippen LogP contribution in [0.25, 0.3) is 16.9 Å². The van der Waals surface area contributed by atoms with Crippen molar-refractivity contribution < 1.29 is 13.2 Å². The topological polar surface area (TPSA) is 106 Å². The number of rotatable bonds is 7. The highest BCUT2D eigenvalue weighted by Gasteiger charge is 2.15. The Bertz CT molecular complexity index is 1380. The largest absolute Gasteiger partial charge is 0.325 e. The van der Waals surface area contributed by atoms with Crippen molar-refractivity contribution in [3.05, 3.63) is 78.2 Å². The lowest BCUT2D eigenvalue weighted by Crippen LogP contribution is -2.28. The number of aromatic nitrogens is 3. The summed E-state index contributed by atoms with van der Waals surface area (Å²) in [5, 5.41) is 2.73. The molecule has 9 heteroatoms. The number of amides is 1. The molecule has 2 N–H and O–H groups in total. The molecule has 4 rings (SSSR count). The van der Waals surface area contributed by atoms with Crippen molar-refractivity contribution >= 4 is 32.7 Å². The van der Waals surface area contributed by atoms with E-state index in [1.165, 1.54) is 0 Å². The monoisotopic (exact) mass is 449 g/mol. The molecule has 0 saturated heterocycles. The molecule has 164 valence electrons. The Morgan fingerprint density at radius 2 is 1.81 bits per heavy atom. The Kier molecular flexibility index (Phi) is 6.02. The van der Waals surface area contributed by atoms with Crippen molar-refractivity contribution in [2.24, 2.45) is 0 Å². The normalized spacial score (nSPS) is 11.6. The fraction of sp³-hybridized carbons (Fsp3) is 0.174. The molecule has 0 spiro atoms. The quantitative estimate of drug-likeness (QED) is 0.450. The zero-order valence-corrected chi connectivity index (χ0v) is 18.6. The predicted octanol–water partition coefficient (Wildman–Crippen LogP) is 3.34. The highest BCUT2D eigenvalue weighted by molar-refractivity contribution is 7.89. The van der Waals surface area contributed by atoms with Gasteiger partial charge in [-0.1, -0.05) is 18.2 Å². The second-order valence-electron chi connectivity index (χ2n) is 7.45. The maximum absolute atomic E-state index is 12.4. The van der Waals surface area contributed by atoms with Crippen LogP contribution < -0.4 is 10.0 Å². The van der Waals surface area contributed by atoms with E-state index in [2.05, 4.69) is 20.0 Å². The van der Waals surface area contributed by atoms with E-state index in [0.717, 1.165) is 22.2 Å². The summed E-state index contributed by atoms with van der Waals surface area (Å²) in [6.07, 6.45) is 3.26. The van der Waals surface area contributed by atoms with Crippen molar-refractivity contribution in [1.29, 1.82) is 0 Å². The van der Waals surface area contributed by atoms with Gasteiger partial charge in [-0.05, 0) is 61.4 Å². The van der Waals surface area contributed by atoms with E-state index in [0.29, 0.717) is 11.5 Å². The van der Waals surface area contributed by atoms with Crippen LogP contribution in [0, 0.1) is 13.8 Å². The van der Waals surface area contributed by atoms with Gasteiger partial charge < -0.3 is 5.32 Å². The van der Waals surface area contributed by atoms with E-state index < -0.39 is 10.0 Å². The van der Waals surface area contributed by atoms with Crippen LogP contribution in [-0.2, 0) is 14.8 Å². The van der Waals surface area contributed by atoms with Crippen LogP contribution in [0.15, 0.2) is 72.0 Å². The molecule has 2 aromatic heterocycles. The third-order valence-electron chi connectivity index (χ3n) is 5.16. The molecule has 0 radical (unpaired) electrons. The molecule has 0 fully saturated rings. The Balaban J connectivity index is 1.34. The summed E-state index contributed by atoms with van der Waals surface area (Å²) < 4.78 is 29.2. The number of carbonyl (C=O) groups excluding carboxylic acids is 1. The molecule has 0 atom stereocenters. The zero-order chi connectivity index (χ0) is 22.7. The molecule has 0 aliphatic carbocycles.